The van der Waals surface area contributed by atoms with E-state index < -0.39 is 6.16 Å². The van der Waals surface area contributed by atoms with E-state index in [1.165, 1.54) is 19.3 Å². The van der Waals surface area contributed by atoms with E-state index in [-0.39, 0.29) is 6.10 Å². The van der Waals surface area contributed by atoms with Gasteiger partial charge in [0.2, 0.25) is 0 Å². The number of allylic oxidation sites excluding steroid dienone is 1. The van der Waals surface area contributed by atoms with Crippen molar-refractivity contribution in [2.24, 2.45) is 0 Å². The topological polar surface area (TPSA) is 35.5 Å². The molecule has 1 unspecified atom stereocenters. The van der Waals surface area contributed by atoms with Crippen LogP contribution in [-0.4, -0.2) is 12.3 Å². The maximum atomic E-state index is 11.5. The first-order chi connectivity index (χ1) is 9.22. The standard InChI is InChI=1S/C16H22O3/c1-3-4-5-6-8-11-14(2)18-16(17)19-15-12-9-7-10-13-15/h7-14H,3-6H2,1-2H3. The molecule has 0 bridgehead atoms. The van der Waals surface area contributed by atoms with Gasteiger partial charge < -0.3 is 9.47 Å². The number of hydrogen-bond donors (Lipinski definition) is 0. The summed E-state index contributed by atoms with van der Waals surface area (Å²) in [6, 6.07) is 8.90. The fourth-order valence-electron chi connectivity index (χ4n) is 1.60. The van der Waals surface area contributed by atoms with Gasteiger partial charge in [-0.1, -0.05) is 44.0 Å². The first-order valence-electron chi connectivity index (χ1n) is 6.82. The average molecular weight is 262 g/mol. The first-order valence-corrected chi connectivity index (χ1v) is 6.82. The van der Waals surface area contributed by atoms with Crippen molar-refractivity contribution < 1.29 is 14.3 Å². The van der Waals surface area contributed by atoms with Crippen molar-refractivity contribution in [3.63, 3.8) is 0 Å². The van der Waals surface area contributed by atoms with Crippen LogP contribution in [0, 0.1) is 0 Å². The van der Waals surface area contributed by atoms with Gasteiger partial charge in [-0.25, -0.2) is 4.79 Å². The first kappa shape index (κ1) is 15.3. The summed E-state index contributed by atoms with van der Waals surface area (Å²) in [6.45, 7) is 4.00. The van der Waals surface area contributed by atoms with Crippen molar-refractivity contribution in [1.29, 1.82) is 0 Å². The van der Waals surface area contributed by atoms with Crippen molar-refractivity contribution in [1.82, 2.24) is 0 Å². The molecule has 3 nitrogen and oxygen atoms in total. The summed E-state index contributed by atoms with van der Waals surface area (Å²) >= 11 is 0. The molecule has 19 heavy (non-hydrogen) atoms. The lowest BCUT2D eigenvalue weighted by Crippen LogP contribution is -2.16. The van der Waals surface area contributed by atoms with Gasteiger partial charge in [-0.05, 0) is 38.0 Å². The maximum Gasteiger partial charge on any atom is 0.514 e. The quantitative estimate of drug-likeness (QED) is 0.308. The molecule has 3 heteroatoms. The number of carbonyl (C=O) groups excluding carboxylic acids is 1. The Labute approximate surface area is 115 Å². The Balaban J connectivity index is 2.24. The van der Waals surface area contributed by atoms with Crippen LogP contribution in [-0.2, 0) is 4.74 Å². The monoisotopic (exact) mass is 262 g/mol. The number of benzene rings is 1. The minimum Gasteiger partial charge on any atom is -0.427 e. The normalized spacial score (nSPS) is 12.3. The molecular formula is C16H22O3. The van der Waals surface area contributed by atoms with Crippen LogP contribution in [0.3, 0.4) is 0 Å². The third kappa shape index (κ3) is 7.29. The van der Waals surface area contributed by atoms with E-state index >= 15 is 0 Å². The molecule has 0 fully saturated rings. The average Bonchev–Trinajstić information content (AvgIpc) is 2.39. The molecule has 0 amide bonds. The number of hydrogen-bond acceptors (Lipinski definition) is 3. The van der Waals surface area contributed by atoms with E-state index in [0.717, 1.165) is 6.42 Å². The third-order valence-electron chi connectivity index (χ3n) is 2.61. The Kier molecular flexibility index (Phi) is 7.40. The fraction of sp³-hybridized carbons (Fsp3) is 0.438. The second-order valence-electron chi connectivity index (χ2n) is 4.41. The zero-order valence-corrected chi connectivity index (χ0v) is 11.7. The van der Waals surface area contributed by atoms with Crippen LogP contribution in [0.1, 0.15) is 39.5 Å². The van der Waals surface area contributed by atoms with Crippen molar-refractivity contribution in [2.75, 3.05) is 0 Å². The Morgan fingerprint density at radius 2 is 2.00 bits per heavy atom. The Morgan fingerprint density at radius 3 is 2.68 bits per heavy atom. The predicted octanol–water partition coefficient (Wildman–Crippen LogP) is 4.73. The van der Waals surface area contributed by atoms with Gasteiger partial charge in [-0.3, -0.25) is 0 Å². The lowest BCUT2D eigenvalue weighted by molar-refractivity contribution is 0.0823. The minimum absolute atomic E-state index is 0.266. The molecule has 0 aliphatic rings. The van der Waals surface area contributed by atoms with Gasteiger partial charge in [0.15, 0.2) is 0 Å². The highest BCUT2D eigenvalue weighted by molar-refractivity contribution is 5.64. The molecule has 0 saturated carbocycles. The lowest BCUT2D eigenvalue weighted by atomic mass is 10.2. The largest absolute Gasteiger partial charge is 0.514 e. The molecule has 1 aromatic rings. The predicted molar refractivity (Wildman–Crippen MR) is 76.3 cm³/mol. The van der Waals surface area contributed by atoms with Gasteiger partial charge in [0.1, 0.15) is 11.9 Å². The van der Waals surface area contributed by atoms with E-state index in [1.54, 1.807) is 24.3 Å². The molecule has 0 N–H and O–H groups in total. The molecule has 0 radical (unpaired) electrons. The van der Waals surface area contributed by atoms with E-state index in [4.69, 9.17) is 9.47 Å². The van der Waals surface area contributed by atoms with Crippen LogP contribution in [0.25, 0.3) is 0 Å². The van der Waals surface area contributed by atoms with Crippen molar-refractivity contribution >= 4 is 6.16 Å². The number of carbonyl (C=O) groups is 1. The number of unbranched alkanes of at least 4 members (excludes halogenated alkanes) is 3. The highest BCUT2D eigenvalue weighted by atomic mass is 16.7. The van der Waals surface area contributed by atoms with Crippen molar-refractivity contribution in [3.05, 3.63) is 42.5 Å². The molecular weight excluding hydrogens is 240 g/mol. The van der Waals surface area contributed by atoms with Crippen LogP contribution in [0.5, 0.6) is 5.75 Å². The molecule has 0 aliphatic carbocycles. The smallest absolute Gasteiger partial charge is 0.427 e. The summed E-state index contributed by atoms with van der Waals surface area (Å²) < 4.78 is 10.1. The van der Waals surface area contributed by atoms with Crippen molar-refractivity contribution in [2.45, 2.75) is 45.6 Å². The SMILES string of the molecule is CCCCCC=CC(C)OC(=O)Oc1ccccc1. The Hall–Kier alpha value is -1.77. The summed E-state index contributed by atoms with van der Waals surface area (Å²) in [5.41, 5.74) is 0. The Bertz CT molecular complexity index is 384. The van der Waals surface area contributed by atoms with Crippen LogP contribution < -0.4 is 4.74 Å². The van der Waals surface area contributed by atoms with Gasteiger partial charge in [-0.15, -0.1) is 0 Å². The summed E-state index contributed by atoms with van der Waals surface area (Å²) in [7, 11) is 0. The van der Waals surface area contributed by atoms with Gasteiger partial charge >= 0.3 is 6.16 Å². The van der Waals surface area contributed by atoms with Crippen LogP contribution in [0.4, 0.5) is 4.79 Å². The molecule has 0 saturated heterocycles. The number of para-hydroxylation sites is 1. The van der Waals surface area contributed by atoms with Crippen molar-refractivity contribution in [3.8, 4) is 5.75 Å². The summed E-state index contributed by atoms with van der Waals surface area (Å²) in [4.78, 5) is 11.5. The zero-order valence-electron chi connectivity index (χ0n) is 11.7. The van der Waals surface area contributed by atoms with E-state index in [0.29, 0.717) is 5.75 Å². The summed E-state index contributed by atoms with van der Waals surface area (Å²) in [6.07, 6.45) is 7.65. The minimum atomic E-state index is -0.670. The molecule has 0 aromatic heterocycles. The summed E-state index contributed by atoms with van der Waals surface area (Å²) in [5, 5.41) is 0. The Morgan fingerprint density at radius 1 is 1.26 bits per heavy atom. The van der Waals surface area contributed by atoms with Crippen LogP contribution in [0.2, 0.25) is 0 Å². The second kappa shape index (κ2) is 9.20. The molecule has 104 valence electrons. The highest BCUT2D eigenvalue weighted by Gasteiger charge is 2.08. The number of rotatable bonds is 7. The van der Waals surface area contributed by atoms with Crippen LogP contribution in [0.15, 0.2) is 42.5 Å². The maximum absolute atomic E-state index is 11.5. The summed E-state index contributed by atoms with van der Waals surface area (Å²) in [5.74, 6) is 0.492. The van der Waals surface area contributed by atoms with Gasteiger partial charge in [0.25, 0.3) is 0 Å². The third-order valence-corrected chi connectivity index (χ3v) is 2.61. The van der Waals surface area contributed by atoms with Gasteiger partial charge in [-0.2, -0.15) is 0 Å². The van der Waals surface area contributed by atoms with Gasteiger partial charge in [0, 0.05) is 0 Å². The lowest BCUT2D eigenvalue weighted by Gasteiger charge is -2.09. The van der Waals surface area contributed by atoms with Crippen LogP contribution >= 0.6 is 0 Å². The molecule has 1 atom stereocenters. The zero-order chi connectivity index (χ0) is 13.9. The number of ether oxygens (including phenoxy) is 2. The second-order valence-corrected chi connectivity index (χ2v) is 4.41. The molecule has 1 rings (SSSR count). The van der Waals surface area contributed by atoms with E-state index in [9.17, 15) is 4.79 Å². The fourth-order valence-corrected chi connectivity index (χ4v) is 1.60. The van der Waals surface area contributed by atoms with Gasteiger partial charge in [0.05, 0.1) is 0 Å². The molecule has 0 heterocycles. The van der Waals surface area contributed by atoms with E-state index in [1.807, 2.05) is 19.1 Å². The molecule has 1 aromatic carbocycles. The van der Waals surface area contributed by atoms with E-state index in [2.05, 4.69) is 13.0 Å². The molecule has 0 aliphatic heterocycles. The highest BCUT2D eigenvalue weighted by Crippen LogP contribution is 2.10. The molecule has 0 spiro atoms.